The number of amides is 1. The summed E-state index contributed by atoms with van der Waals surface area (Å²) in [5, 5.41) is 3.97. The molecular weight excluding hydrogens is 282 g/mol. The van der Waals surface area contributed by atoms with Gasteiger partial charge in [-0.3, -0.25) is 4.79 Å². The van der Waals surface area contributed by atoms with Crippen LogP contribution in [0.3, 0.4) is 0 Å². The van der Waals surface area contributed by atoms with Gasteiger partial charge >= 0.3 is 0 Å². The van der Waals surface area contributed by atoms with Crippen LogP contribution in [0.5, 0.6) is 0 Å². The van der Waals surface area contributed by atoms with Crippen LogP contribution in [0.4, 0.5) is 0 Å². The Labute approximate surface area is 131 Å². The normalized spacial score (nSPS) is 16.0. The topological polar surface area (TPSA) is 54.9 Å². The smallest absolute Gasteiger partial charge is 0.220 e. The zero-order valence-corrected chi connectivity index (χ0v) is 14.1. The molecule has 1 fully saturated rings. The summed E-state index contributed by atoms with van der Waals surface area (Å²) in [5.41, 5.74) is 3.11. The summed E-state index contributed by atoms with van der Waals surface area (Å²) in [7, 11) is 0. The van der Waals surface area contributed by atoms with Crippen LogP contribution in [0.2, 0.25) is 0 Å². The Morgan fingerprint density at radius 1 is 1.19 bits per heavy atom. The fourth-order valence-electron chi connectivity index (χ4n) is 2.95. The number of carbonyl (C=O) groups excluding carboxylic acids is 1. The molecule has 21 heavy (non-hydrogen) atoms. The number of carbonyl (C=O) groups is 1. The van der Waals surface area contributed by atoms with Crippen molar-refractivity contribution < 1.29 is 4.79 Å². The Morgan fingerprint density at radius 3 is 2.38 bits per heavy atom. The number of nitrogens with zero attached hydrogens (tertiary/aromatic N) is 2. The van der Waals surface area contributed by atoms with E-state index in [0.29, 0.717) is 12.5 Å². The van der Waals surface area contributed by atoms with Crippen molar-refractivity contribution in [1.29, 1.82) is 0 Å². The molecule has 116 valence electrons. The minimum Gasteiger partial charge on any atom is -0.353 e. The van der Waals surface area contributed by atoms with Crippen molar-refractivity contribution in [2.24, 2.45) is 0 Å². The molecule has 1 heterocycles. The van der Waals surface area contributed by atoms with Crippen molar-refractivity contribution in [3.8, 4) is 0 Å². The number of aromatic nitrogens is 2. The van der Waals surface area contributed by atoms with Crippen LogP contribution >= 0.6 is 11.8 Å². The van der Waals surface area contributed by atoms with E-state index < -0.39 is 0 Å². The summed E-state index contributed by atoms with van der Waals surface area (Å²) in [5.74, 6) is 0.162. The minimum absolute atomic E-state index is 0.162. The number of thioether (sulfide) groups is 1. The predicted octanol–water partition coefficient (Wildman–Crippen LogP) is 3.20. The van der Waals surface area contributed by atoms with Crippen LogP contribution in [-0.4, -0.2) is 28.2 Å². The average molecular weight is 307 g/mol. The van der Waals surface area contributed by atoms with Crippen LogP contribution in [0.15, 0.2) is 5.16 Å². The average Bonchev–Trinajstić information content (AvgIpc) is 2.47. The molecule has 5 heteroatoms. The third kappa shape index (κ3) is 4.70. The summed E-state index contributed by atoms with van der Waals surface area (Å²) in [6, 6.07) is 0.392. The lowest BCUT2D eigenvalue weighted by atomic mass is 9.95. The first kappa shape index (κ1) is 16.3. The predicted molar refractivity (Wildman–Crippen MR) is 86.6 cm³/mol. The molecule has 0 saturated heterocycles. The first-order valence-electron chi connectivity index (χ1n) is 7.77. The van der Waals surface area contributed by atoms with E-state index in [4.69, 9.17) is 0 Å². The lowest BCUT2D eigenvalue weighted by Gasteiger charge is -2.22. The van der Waals surface area contributed by atoms with Gasteiger partial charge in [0.05, 0.1) is 0 Å². The summed E-state index contributed by atoms with van der Waals surface area (Å²) < 4.78 is 0. The van der Waals surface area contributed by atoms with E-state index in [1.807, 2.05) is 20.1 Å². The van der Waals surface area contributed by atoms with E-state index in [1.54, 1.807) is 11.8 Å². The molecule has 1 saturated carbocycles. The van der Waals surface area contributed by atoms with Crippen LogP contribution < -0.4 is 5.32 Å². The minimum atomic E-state index is 0.162. The number of nitrogens with one attached hydrogen (secondary N) is 1. The molecule has 2 rings (SSSR count). The molecule has 1 amide bonds. The number of rotatable bonds is 5. The van der Waals surface area contributed by atoms with E-state index in [9.17, 15) is 4.79 Å². The zero-order valence-electron chi connectivity index (χ0n) is 13.2. The Kier molecular flexibility index (Phi) is 6.03. The molecule has 0 atom stereocenters. The molecule has 0 radical (unpaired) electrons. The van der Waals surface area contributed by atoms with Gasteiger partial charge in [-0.05, 0) is 44.9 Å². The second-order valence-electron chi connectivity index (χ2n) is 5.76. The molecule has 0 unspecified atom stereocenters. The quantitative estimate of drug-likeness (QED) is 0.670. The van der Waals surface area contributed by atoms with Crippen molar-refractivity contribution in [3.05, 3.63) is 17.0 Å². The summed E-state index contributed by atoms with van der Waals surface area (Å²) in [6.07, 6.45) is 9.30. The first-order chi connectivity index (χ1) is 10.1. The molecule has 0 bridgehead atoms. The highest BCUT2D eigenvalue weighted by atomic mass is 32.2. The van der Waals surface area contributed by atoms with E-state index in [0.717, 1.165) is 41.4 Å². The first-order valence-corrected chi connectivity index (χ1v) is 9.00. The van der Waals surface area contributed by atoms with Gasteiger partial charge in [0.1, 0.15) is 0 Å². The Hall–Kier alpha value is -1.10. The van der Waals surface area contributed by atoms with Gasteiger partial charge in [-0.2, -0.15) is 0 Å². The maximum absolute atomic E-state index is 12.1. The van der Waals surface area contributed by atoms with Crippen molar-refractivity contribution in [1.82, 2.24) is 15.3 Å². The molecule has 1 aliphatic rings. The molecule has 1 N–H and O–H groups in total. The highest BCUT2D eigenvalue weighted by Crippen LogP contribution is 2.19. The van der Waals surface area contributed by atoms with Crippen molar-refractivity contribution in [2.45, 2.75) is 70.0 Å². The second kappa shape index (κ2) is 7.78. The zero-order chi connectivity index (χ0) is 15.2. The number of hydrogen-bond acceptors (Lipinski definition) is 4. The van der Waals surface area contributed by atoms with Crippen LogP contribution in [0.25, 0.3) is 0 Å². The van der Waals surface area contributed by atoms with Gasteiger partial charge in [0, 0.05) is 23.9 Å². The lowest BCUT2D eigenvalue weighted by Crippen LogP contribution is -2.36. The van der Waals surface area contributed by atoms with Gasteiger partial charge in [-0.1, -0.05) is 31.0 Å². The SMILES string of the molecule is CSc1nc(C)c(CCC(=O)NC2CCCCC2)c(C)n1. The molecule has 0 aromatic carbocycles. The largest absolute Gasteiger partial charge is 0.353 e. The molecule has 1 aliphatic carbocycles. The Morgan fingerprint density at radius 2 is 1.81 bits per heavy atom. The van der Waals surface area contributed by atoms with Crippen molar-refractivity contribution in [2.75, 3.05) is 6.26 Å². The third-order valence-electron chi connectivity index (χ3n) is 4.16. The van der Waals surface area contributed by atoms with Crippen molar-refractivity contribution >= 4 is 17.7 Å². The Balaban J connectivity index is 1.88. The monoisotopic (exact) mass is 307 g/mol. The highest BCUT2D eigenvalue weighted by molar-refractivity contribution is 7.98. The maximum Gasteiger partial charge on any atom is 0.220 e. The number of hydrogen-bond donors (Lipinski definition) is 1. The summed E-state index contributed by atoms with van der Waals surface area (Å²) >= 11 is 1.55. The van der Waals surface area contributed by atoms with Crippen LogP contribution in [0.1, 0.15) is 55.5 Å². The van der Waals surface area contributed by atoms with Gasteiger partial charge in [0.15, 0.2) is 5.16 Å². The standard InChI is InChI=1S/C16H25N3OS/c1-11-14(12(2)18-16(17-11)21-3)9-10-15(20)19-13-7-5-4-6-8-13/h13H,4-10H2,1-3H3,(H,19,20). The third-order valence-corrected chi connectivity index (χ3v) is 4.70. The van der Waals surface area contributed by atoms with Crippen LogP contribution in [0, 0.1) is 13.8 Å². The maximum atomic E-state index is 12.1. The fraction of sp³-hybridized carbons (Fsp3) is 0.688. The molecule has 1 aromatic heterocycles. The molecular formula is C16H25N3OS. The molecule has 0 spiro atoms. The second-order valence-corrected chi connectivity index (χ2v) is 6.54. The molecule has 1 aromatic rings. The summed E-state index contributed by atoms with van der Waals surface area (Å²) in [6.45, 7) is 4.01. The van der Waals surface area contributed by atoms with Gasteiger partial charge in [-0.15, -0.1) is 0 Å². The van der Waals surface area contributed by atoms with Gasteiger partial charge in [-0.25, -0.2) is 9.97 Å². The Bertz CT molecular complexity index is 475. The van der Waals surface area contributed by atoms with Crippen LogP contribution in [-0.2, 0) is 11.2 Å². The lowest BCUT2D eigenvalue weighted by molar-refractivity contribution is -0.121. The van der Waals surface area contributed by atoms with E-state index in [-0.39, 0.29) is 5.91 Å². The van der Waals surface area contributed by atoms with Gasteiger partial charge < -0.3 is 5.32 Å². The van der Waals surface area contributed by atoms with E-state index in [2.05, 4.69) is 15.3 Å². The molecule has 0 aliphatic heterocycles. The van der Waals surface area contributed by atoms with Gasteiger partial charge in [0.2, 0.25) is 5.91 Å². The van der Waals surface area contributed by atoms with Gasteiger partial charge in [0.25, 0.3) is 0 Å². The summed E-state index contributed by atoms with van der Waals surface area (Å²) in [4.78, 5) is 21.0. The van der Waals surface area contributed by atoms with E-state index in [1.165, 1.54) is 19.3 Å². The fourth-order valence-corrected chi connectivity index (χ4v) is 3.40. The molecule has 4 nitrogen and oxygen atoms in total. The highest BCUT2D eigenvalue weighted by Gasteiger charge is 2.16. The van der Waals surface area contributed by atoms with E-state index >= 15 is 0 Å². The van der Waals surface area contributed by atoms with Crippen molar-refractivity contribution in [3.63, 3.8) is 0 Å². The number of aryl methyl sites for hydroxylation is 2.